The quantitative estimate of drug-likeness (QED) is 0.559. The van der Waals surface area contributed by atoms with Crippen LogP contribution in [0.3, 0.4) is 0 Å². The number of hydrogen-bond donors (Lipinski definition) is 1. The molecule has 0 aromatic heterocycles. The summed E-state index contributed by atoms with van der Waals surface area (Å²) in [5, 5.41) is 12.7. The Morgan fingerprint density at radius 3 is 2.72 bits per heavy atom. The molecule has 0 aromatic rings. The Bertz CT molecular complexity index is 247. The lowest BCUT2D eigenvalue weighted by molar-refractivity contribution is 0.122. The summed E-state index contributed by atoms with van der Waals surface area (Å²) in [5.74, 6) is 0.908. The summed E-state index contributed by atoms with van der Waals surface area (Å²) >= 11 is 0. The van der Waals surface area contributed by atoms with E-state index in [4.69, 9.17) is 10.00 Å². The Balaban J connectivity index is 2.11. The average Bonchev–Trinajstić information content (AvgIpc) is 2.58. The van der Waals surface area contributed by atoms with E-state index in [1.165, 1.54) is 19.3 Å². The summed E-state index contributed by atoms with van der Waals surface area (Å²) in [7, 11) is 0. The number of hydrogen-bond acceptors (Lipinski definition) is 3. The normalized spacial score (nSPS) is 24.8. The molecule has 1 aliphatic carbocycles. The molecule has 0 saturated heterocycles. The number of ether oxygens (including phenoxy) is 1. The van der Waals surface area contributed by atoms with Gasteiger partial charge in [-0.05, 0) is 25.2 Å². The Morgan fingerprint density at radius 2 is 2.00 bits per heavy atom. The van der Waals surface area contributed by atoms with Crippen molar-refractivity contribution in [1.29, 1.82) is 5.26 Å². The van der Waals surface area contributed by atoms with Crippen LogP contribution in [0.25, 0.3) is 0 Å². The maximum Gasteiger partial charge on any atom is 0.0672 e. The first-order chi connectivity index (χ1) is 8.74. The molecular weight excluding hydrogens is 224 g/mol. The number of nitrogens with zero attached hydrogens (tertiary/aromatic N) is 1. The lowest BCUT2D eigenvalue weighted by atomic mass is 9.96. The van der Waals surface area contributed by atoms with E-state index in [0.29, 0.717) is 12.0 Å². The van der Waals surface area contributed by atoms with Crippen molar-refractivity contribution < 1.29 is 4.74 Å². The van der Waals surface area contributed by atoms with Gasteiger partial charge in [0.1, 0.15) is 0 Å². The Hall–Kier alpha value is -0.590. The third-order valence-corrected chi connectivity index (χ3v) is 3.67. The van der Waals surface area contributed by atoms with Gasteiger partial charge in [-0.1, -0.05) is 33.1 Å². The first kappa shape index (κ1) is 15.5. The largest absolute Gasteiger partial charge is 0.380 e. The first-order valence-electron chi connectivity index (χ1n) is 7.44. The minimum absolute atomic E-state index is 0.197. The highest BCUT2D eigenvalue weighted by Gasteiger charge is 2.22. The predicted molar refractivity (Wildman–Crippen MR) is 74.3 cm³/mol. The zero-order chi connectivity index (χ0) is 13.2. The molecule has 0 radical (unpaired) electrons. The highest BCUT2D eigenvalue weighted by molar-refractivity contribution is 4.93. The van der Waals surface area contributed by atoms with E-state index >= 15 is 0 Å². The first-order valence-corrected chi connectivity index (χ1v) is 7.44. The molecule has 0 aromatic carbocycles. The minimum atomic E-state index is 0.197. The maximum absolute atomic E-state index is 9.17. The van der Waals surface area contributed by atoms with E-state index in [1.54, 1.807) is 0 Å². The van der Waals surface area contributed by atoms with Crippen LogP contribution in [0.4, 0.5) is 0 Å². The molecule has 18 heavy (non-hydrogen) atoms. The molecule has 0 bridgehead atoms. The van der Waals surface area contributed by atoms with Crippen LogP contribution in [-0.2, 0) is 4.74 Å². The fraction of sp³-hybridized carbons (Fsp3) is 0.933. The van der Waals surface area contributed by atoms with Crippen molar-refractivity contribution in [3.05, 3.63) is 0 Å². The van der Waals surface area contributed by atoms with Crippen molar-refractivity contribution in [3.8, 4) is 6.07 Å². The molecular formula is C15H28N2O. The summed E-state index contributed by atoms with van der Waals surface area (Å²) in [5.41, 5.74) is 0. The fourth-order valence-electron chi connectivity index (χ4n) is 2.44. The van der Waals surface area contributed by atoms with Crippen LogP contribution >= 0.6 is 0 Å². The van der Waals surface area contributed by atoms with Crippen LogP contribution in [0, 0.1) is 23.2 Å². The molecule has 1 aliphatic rings. The van der Waals surface area contributed by atoms with Gasteiger partial charge in [-0.2, -0.15) is 5.26 Å². The number of nitriles is 1. The van der Waals surface area contributed by atoms with Gasteiger partial charge in [0.2, 0.25) is 0 Å². The van der Waals surface area contributed by atoms with Gasteiger partial charge in [0, 0.05) is 19.2 Å². The van der Waals surface area contributed by atoms with Crippen LogP contribution in [0.15, 0.2) is 0 Å². The van der Waals surface area contributed by atoms with E-state index in [2.05, 4.69) is 25.2 Å². The third kappa shape index (κ3) is 6.37. The summed E-state index contributed by atoms with van der Waals surface area (Å²) in [4.78, 5) is 0. The zero-order valence-electron chi connectivity index (χ0n) is 12.0. The fourth-order valence-corrected chi connectivity index (χ4v) is 2.44. The molecule has 2 unspecified atom stereocenters. The van der Waals surface area contributed by atoms with Crippen molar-refractivity contribution in [2.75, 3.05) is 19.8 Å². The molecule has 1 saturated carbocycles. The Labute approximate surface area is 112 Å². The summed E-state index contributed by atoms with van der Waals surface area (Å²) in [6.45, 7) is 6.92. The van der Waals surface area contributed by atoms with Crippen LogP contribution in [0.2, 0.25) is 0 Å². The minimum Gasteiger partial charge on any atom is -0.380 e. The maximum atomic E-state index is 9.17. The van der Waals surface area contributed by atoms with Gasteiger partial charge in [-0.3, -0.25) is 0 Å². The van der Waals surface area contributed by atoms with Crippen molar-refractivity contribution in [2.24, 2.45) is 11.8 Å². The highest BCUT2D eigenvalue weighted by Crippen LogP contribution is 2.22. The van der Waals surface area contributed by atoms with Crippen molar-refractivity contribution in [1.82, 2.24) is 5.32 Å². The van der Waals surface area contributed by atoms with Crippen molar-refractivity contribution >= 4 is 0 Å². The van der Waals surface area contributed by atoms with Crippen LogP contribution in [-0.4, -0.2) is 25.8 Å². The molecule has 1 fully saturated rings. The van der Waals surface area contributed by atoms with E-state index < -0.39 is 0 Å². The lowest BCUT2D eigenvalue weighted by Gasteiger charge is -2.20. The standard InChI is InChI=1S/C15H28N2O/c1-13(2)8-10-18-11-9-17-15-7-5-3-4-6-14(15)12-16/h13-15,17H,3-11H2,1-2H3. The van der Waals surface area contributed by atoms with E-state index in [9.17, 15) is 0 Å². The van der Waals surface area contributed by atoms with Crippen molar-refractivity contribution in [3.63, 3.8) is 0 Å². The van der Waals surface area contributed by atoms with E-state index in [-0.39, 0.29) is 5.92 Å². The Morgan fingerprint density at radius 1 is 1.22 bits per heavy atom. The van der Waals surface area contributed by atoms with Gasteiger partial charge in [-0.15, -0.1) is 0 Å². The molecule has 104 valence electrons. The van der Waals surface area contributed by atoms with Crippen molar-refractivity contribution in [2.45, 2.75) is 58.4 Å². The highest BCUT2D eigenvalue weighted by atomic mass is 16.5. The monoisotopic (exact) mass is 252 g/mol. The molecule has 3 heteroatoms. The van der Waals surface area contributed by atoms with E-state index in [1.807, 2.05) is 0 Å². The van der Waals surface area contributed by atoms with Gasteiger partial charge in [-0.25, -0.2) is 0 Å². The number of nitrogens with one attached hydrogen (secondary N) is 1. The second kappa shape index (κ2) is 9.35. The molecule has 2 atom stereocenters. The van der Waals surface area contributed by atoms with Gasteiger partial charge in [0.05, 0.1) is 18.6 Å². The van der Waals surface area contributed by atoms with Gasteiger partial charge in [0.15, 0.2) is 0 Å². The smallest absolute Gasteiger partial charge is 0.0672 e. The average molecular weight is 252 g/mol. The third-order valence-electron chi connectivity index (χ3n) is 3.67. The van der Waals surface area contributed by atoms with Gasteiger partial charge in [0.25, 0.3) is 0 Å². The summed E-state index contributed by atoms with van der Waals surface area (Å²) in [6, 6.07) is 2.84. The summed E-state index contributed by atoms with van der Waals surface area (Å²) < 4.78 is 5.59. The van der Waals surface area contributed by atoms with Crippen LogP contribution in [0.1, 0.15) is 52.4 Å². The molecule has 3 nitrogen and oxygen atoms in total. The van der Waals surface area contributed by atoms with Gasteiger partial charge >= 0.3 is 0 Å². The molecule has 0 aliphatic heterocycles. The number of rotatable bonds is 7. The second-order valence-electron chi connectivity index (χ2n) is 5.73. The predicted octanol–water partition coefficient (Wildman–Crippen LogP) is 3.11. The molecule has 1 N–H and O–H groups in total. The molecule has 1 rings (SSSR count). The molecule has 0 amide bonds. The molecule has 0 heterocycles. The van der Waals surface area contributed by atoms with Gasteiger partial charge < -0.3 is 10.1 Å². The second-order valence-corrected chi connectivity index (χ2v) is 5.73. The van der Waals surface area contributed by atoms with Crippen LogP contribution in [0.5, 0.6) is 0 Å². The molecule has 0 spiro atoms. The van der Waals surface area contributed by atoms with E-state index in [0.717, 1.165) is 39.0 Å². The topological polar surface area (TPSA) is 45.0 Å². The zero-order valence-corrected chi connectivity index (χ0v) is 12.0. The Kier molecular flexibility index (Phi) is 8.04. The SMILES string of the molecule is CC(C)CCOCCNC1CCCCCC1C#N. The van der Waals surface area contributed by atoms with Crippen LogP contribution < -0.4 is 5.32 Å². The summed E-state index contributed by atoms with van der Waals surface area (Å²) in [6.07, 6.45) is 7.07. The lowest BCUT2D eigenvalue weighted by Crippen LogP contribution is -2.37.